The molecule has 0 bridgehead atoms. The second kappa shape index (κ2) is 12.6. The highest BCUT2D eigenvalue weighted by atomic mass is 127. The van der Waals surface area contributed by atoms with Gasteiger partial charge in [-0.05, 0) is 25.8 Å². The number of nitro groups is 1. The molecule has 0 aliphatic carbocycles. The average molecular weight is 546 g/mol. The minimum atomic E-state index is -0.396. The lowest BCUT2D eigenvalue weighted by Gasteiger charge is -2.37. The molecule has 31 heavy (non-hydrogen) atoms. The van der Waals surface area contributed by atoms with Gasteiger partial charge in [0.05, 0.1) is 11.5 Å². The Morgan fingerprint density at radius 2 is 1.97 bits per heavy atom. The fraction of sp³-hybridized carbons (Fsp3) is 0.600. The lowest BCUT2D eigenvalue weighted by molar-refractivity contribution is -0.384. The molecule has 2 aliphatic heterocycles. The number of nitro benzene ring substituents is 1. The second-order valence-electron chi connectivity index (χ2n) is 7.25. The largest absolute Gasteiger partial charge is 0.378 e. The van der Waals surface area contributed by atoms with Crippen LogP contribution in [0.15, 0.2) is 29.3 Å². The van der Waals surface area contributed by atoms with Gasteiger partial charge in [-0.25, -0.2) is 0 Å². The number of nitrogens with one attached hydrogen (secondary N) is 2. The molecular formula is C20H31IN6O4. The van der Waals surface area contributed by atoms with Crippen molar-refractivity contribution in [1.29, 1.82) is 0 Å². The highest BCUT2D eigenvalue weighted by molar-refractivity contribution is 14.0. The summed E-state index contributed by atoms with van der Waals surface area (Å²) in [6.07, 6.45) is 1.50. The second-order valence-corrected chi connectivity index (χ2v) is 7.25. The number of nitrogens with zero attached hydrogens (tertiary/aromatic N) is 4. The number of guanidine groups is 1. The van der Waals surface area contributed by atoms with Gasteiger partial charge >= 0.3 is 0 Å². The Morgan fingerprint density at radius 3 is 2.61 bits per heavy atom. The Morgan fingerprint density at radius 1 is 1.26 bits per heavy atom. The first-order chi connectivity index (χ1) is 14.6. The number of rotatable bonds is 7. The molecule has 1 aromatic carbocycles. The topological polar surface area (TPSA) is 112 Å². The van der Waals surface area contributed by atoms with Crippen molar-refractivity contribution in [3.63, 3.8) is 0 Å². The summed E-state index contributed by atoms with van der Waals surface area (Å²) in [5.41, 5.74) is 0.546. The number of hydrogen-bond donors (Lipinski definition) is 2. The number of carbonyl (C=O) groups is 1. The molecule has 10 nitrogen and oxygen atoms in total. The monoisotopic (exact) mass is 546 g/mol. The molecule has 2 heterocycles. The van der Waals surface area contributed by atoms with Crippen LogP contribution < -0.4 is 10.6 Å². The minimum Gasteiger partial charge on any atom is -0.378 e. The Balaban J connectivity index is 0.00000341. The van der Waals surface area contributed by atoms with Crippen LogP contribution >= 0.6 is 24.0 Å². The summed E-state index contributed by atoms with van der Waals surface area (Å²) in [5, 5.41) is 17.5. The maximum Gasteiger partial charge on any atom is 0.292 e. The van der Waals surface area contributed by atoms with Crippen LogP contribution in [-0.2, 0) is 9.53 Å². The average Bonchev–Trinajstić information content (AvgIpc) is 3.30. The number of para-hydroxylation sites is 2. The molecule has 1 aromatic rings. The van der Waals surface area contributed by atoms with Crippen LogP contribution in [0.1, 0.15) is 19.8 Å². The molecule has 1 unspecified atom stereocenters. The molecule has 0 radical (unpaired) electrons. The summed E-state index contributed by atoms with van der Waals surface area (Å²) in [6, 6.07) is 6.58. The third kappa shape index (κ3) is 6.92. The van der Waals surface area contributed by atoms with Gasteiger partial charge in [0.2, 0.25) is 0 Å². The molecule has 172 valence electrons. The Kier molecular flexibility index (Phi) is 10.2. The van der Waals surface area contributed by atoms with Crippen LogP contribution in [0.4, 0.5) is 11.4 Å². The van der Waals surface area contributed by atoms with E-state index in [-0.39, 0.29) is 41.7 Å². The third-order valence-electron chi connectivity index (χ3n) is 5.22. The molecule has 2 aliphatic rings. The number of aliphatic imine (C=N–C) groups is 1. The van der Waals surface area contributed by atoms with Crippen molar-refractivity contribution in [2.24, 2.45) is 4.99 Å². The normalized spacial score (nSPS) is 19.0. The standard InChI is InChI=1S/C20H30N6O4.HI/c1-2-21-20(23-10-9-22-16-6-3-4-7-17(16)26(28)29)25-13-11-24(12-14-25)19(27)18-8-5-15-30-18;/h3-4,6-7,18,22H,2,5,8-15H2,1H3,(H,21,23);1H. The van der Waals surface area contributed by atoms with Crippen LogP contribution in [0.2, 0.25) is 0 Å². The fourth-order valence-electron chi connectivity index (χ4n) is 3.68. The molecule has 3 rings (SSSR count). The van der Waals surface area contributed by atoms with Gasteiger partial charge in [-0.2, -0.15) is 0 Å². The van der Waals surface area contributed by atoms with E-state index in [2.05, 4.69) is 20.5 Å². The summed E-state index contributed by atoms with van der Waals surface area (Å²) in [6.45, 7) is 7.11. The predicted molar refractivity (Wildman–Crippen MR) is 130 cm³/mol. The Bertz CT molecular complexity index is 764. The molecule has 0 saturated carbocycles. The van der Waals surface area contributed by atoms with E-state index in [1.165, 1.54) is 6.07 Å². The summed E-state index contributed by atoms with van der Waals surface area (Å²) in [7, 11) is 0. The lowest BCUT2D eigenvalue weighted by Crippen LogP contribution is -2.55. The van der Waals surface area contributed by atoms with E-state index in [0.29, 0.717) is 51.6 Å². The van der Waals surface area contributed by atoms with E-state index in [1.54, 1.807) is 18.2 Å². The number of amides is 1. The van der Waals surface area contributed by atoms with Crippen molar-refractivity contribution < 1.29 is 14.5 Å². The van der Waals surface area contributed by atoms with Crippen molar-refractivity contribution in [1.82, 2.24) is 15.1 Å². The minimum absolute atomic E-state index is 0. The highest BCUT2D eigenvalue weighted by Gasteiger charge is 2.30. The van der Waals surface area contributed by atoms with Gasteiger partial charge in [-0.15, -0.1) is 24.0 Å². The van der Waals surface area contributed by atoms with Gasteiger partial charge in [-0.1, -0.05) is 12.1 Å². The molecule has 0 aromatic heterocycles. The highest BCUT2D eigenvalue weighted by Crippen LogP contribution is 2.22. The van der Waals surface area contributed by atoms with Gasteiger partial charge < -0.3 is 25.2 Å². The number of benzene rings is 1. The Labute approximate surface area is 199 Å². The van der Waals surface area contributed by atoms with Crippen LogP contribution in [0.3, 0.4) is 0 Å². The predicted octanol–water partition coefficient (Wildman–Crippen LogP) is 1.91. The van der Waals surface area contributed by atoms with Crippen molar-refractivity contribution in [3.05, 3.63) is 34.4 Å². The number of hydrogen-bond acceptors (Lipinski definition) is 6. The maximum atomic E-state index is 12.5. The van der Waals surface area contributed by atoms with E-state index >= 15 is 0 Å². The van der Waals surface area contributed by atoms with Gasteiger partial charge in [-0.3, -0.25) is 19.9 Å². The maximum absolute atomic E-state index is 12.5. The zero-order valence-corrected chi connectivity index (χ0v) is 20.1. The zero-order chi connectivity index (χ0) is 21.3. The first-order valence-electron chi connectivity index (χ1n) is 10.5. The van der Waals surface area contributed by atoms with E-state index < -0.39 is 4.92 Å². The SMILES string of the molecule is CCNC(=NCCNc1ccccc1[N+](=O)[O-])N1CCN(C(=O)C2CCCO2)CC1.I. The number of ether oxygens (including phenoxy) is 1. The number of piperazine rings is 1. The van der Waals surface area contributed by atoms with E-state index in [4.69, 9.17) is 4.74 Å². The summed E-state index contributed by atoms with van der Waals surface area (Å²) in [5.74, 6) is 0.897. The summed E-state index contributed by atoms with van der Waals surface area (Å²) < 4.78 is 5.52. The molecule has 1 atom stereocenters. The van der Waals surface area contributed by atoms with Crippen LogP contribution in [0, 0.1) is 10.1 Å². The van der Waals surface area contributed by atoms with Crippen molar-refractivity contribution >= 4 is 47.2 Å². The van der Waals surface area contributed by atoms with Crippen LogP contribution in [0.25, 0.3) is 0 Å². The molecule has 1 amide bonds. The van der Waals surface area contributed by atoms with Crippen molar-refractivity contribution in [2.75, 3.05) is 57.7 Å². The number of carbonyl (C=O) groups excluding carboxylic acids is 1. The van der Waals surface area contributed by atoms with Gasteiger partial charge in [0.1, 0.15) is 11.8 Å². The van der Waals surface area contributed by atoms with Gasteiger partial charge in [0.15, 0.2) is 5.96 Å². The van der Waals surface area contributed by atoms with E-state index in [0.717, 1.165) is 25.3 Å². The van der Waals surface area contributed by atoms with E-state index in [9.17, 15) is 14.9 Å². The molecule has 2 fully saturated rings. The van der Waals surface area contributed by atoms with Crippen molar-refractivity contribution in [2.45, 2.75) is 25.9 Å². The van der Waals surface area contributed by atoms with Gasteiger partial charge in [0, 0.05) is 51.9 Å². The smallest absolute Gasteiger partial charge is 0.292 e. The Hall–Kier alpha value is -2.15. The molecular weight excluding hydrogens is 515 g/mol. The summed E-state index contributed by atoms with van der Waals surface area (Å²) in [4.78, 5) is 31.9. The fourth-order valence-corrected chi connectivity index (χ4v) is 3.68. The lowest BCUT2D eigenvalue weighted by atomic mass is 10.2. The number of anilines is 1. The quantitative estimate of drug-likeness (QED) is 0.134. The van der Waals surface area contributed by atoms with Crippen LogP contribution in [0.5, 0.6) is 0 Å². The van der Waals surface area contributed by atoms with Crippen LogP contribution in [-0.4, -0.2) is 85.1 Å². The molecule has 11 heteroatoms. The van der Waals surface area contributed by atoms with Gasteiger partial charge in [0.25, 0.3) is 11.6 Å². The molecule has 2 N–H and O–H groups in total. The van der Waals surface area contributed by atoms with Crippen molar-refractivity contribution in [3.8, 4) is 0 Å². The van der Waals surface area contributed by atoms with E-state index in [1.807, 2.05) is 11.8 Å². The molecule has 2 saturated heterocycles. The molecule has 0 spiro atoms. The zero-order valence-electron chi connectivity index (χ0n) is 17.8. The number of halogens is 1. The third-order valence-corrected chi connectivity index (χ3v) is 5.22. The summed E-state index contributed by atoms with van der Waals surface area (Å²) >= 11 is 0. The first-order valence-corrected chi connectivity index (χ1v) is 10.5. The first kappa shape index (κ1) is 25.1.